The van der Waals surface area contributed by atoms with E-state index in [9.17, 15) is 22.8 Å². The van der Waals surface area contributed by atoms with Crippen molar-refractivity contribution < 1.29 is 41.6 Å². The maximum absolute atomic E-state index is 12.9. The van der Waals surface area contributed by atoms with E-state index in [0.29, 0.717) is 61.0 Å². The van der Waals surface area contributed by atoms with E-state index >= 15 is 0 Å². The van der Waals surface area contributed by atoms with Crippen molar-refractivity contribution in [1.82, 2.24) is 10.2 Å². The van der Waals surface area contributed by atoms with Crippen LogP contribution >= 0.6 is 0 Å². The molecule has 2 N–H and O–H groups in total. The maximum atomic E-state index is 12.9. The first kappa shape index (κ1) is 31.7. The lowest BCUT2D eigenvalue weighted by molar-refractivity contribution is -0.00114. The predicted molar refractivity (Wildman–Crippen MR) is 162 cm³/mol. The van der Waals surface area contributed by atoms with Gasteiger partial charge in [-0.2, -0.15) is 8.42 Å². The van der Waals surface area contributed by atoms with Crippen LogP contribution in [-0.4, -0.2) is 87.1 Å². The Morgan fingerprint density at radius 2 is 1.84 bits per heavy atom. The van der Waals surface area contributed by atoms with Crippen LogP contribution in [0, 0.1) is 0 Å². The van der Waals surface area contributed by atoms with Gasteiger partial charge in [0.05, 0.1) is 31.6 Å². The van der Waals surface area contributed by atoms with Gasteiger partial charge in [0.25, 0.3) is 16.0 Å². The number of nitrogens with one attached hydrogen (secondary N) is 1. The quantitative estimate of drug-likeness (QED) is 0.202. The lowest BCUT2D eigenvalue weighted by Gasteiger charge is -2.37. The predicted octanol–water partition coefficient (Wildman–Crippen LogP) is 3.75. The van der Waals surface area contributed by atoms with Gasteiger partial charge in [-0.3, -0.25) is 19.1 Å². The van der Waals surface area contributed by atoms with Crippen LogP contribution in [0.3, 0.4) is 0 Å². The molecule has 0 aromatic heterocycles. The fourth-order valence-electron chi connectivity index (χ4n) is 5.87. The first-order valence-electron chi connectivity index (χ1n) is 14.9. The minimum Gasteiger partial charge on any atom is -0.494 e. The Bertz CT molecular complexity index is 1500. The summed E-state index contributed by atoms with van der Waals surface area (Å²) in [5.41, 5.74) is 3.01. The summed E-state index contributed by atoms with van der Waals surface area (Å²) in [5.74, 6) is -0.0995. The van der Waals surface area contributed by atoms with Crippen molar-refractivity contribution in [3.8, 4) is 5.75 Å². The number of benzene rings is 2. The number of amides is 2. The molecule has 1 saturated carbocycles. The summed E-state index contributed by atoms with van der Waals surface area (Å²) in [6, 6.07) is 10.5. The fraction of sp³-hybridized carbons (Fsp3) is 0.516. The lowest BCUT2D eigenvalue weighted by atomic mass is 9.90. The van der Waals surface area contributed by atoms with Crippen molar-refractivity contribution in [3.63, 3.8) is 0 Å². The van der Waals surface area contributed by atoms with Gasteiger partial charge in [-0.1, -0.05) is 0 Å². The maximum Gasteiger partial charge on any atom is 0.415 e. The van der Waals surface area contributed by atoms with Crippen molar-refractivity contribution >= 4 is 33.8 Å². The highest BCUT2D eigenvalue weighted by Gasteiger charge is 2.47. The summed E-state index contributed by atoms with van der Waals surface area (Å²) in [6.07, 6.45) is 3.12. The molecule has 2 aromatic carbocycles. The standard InChI is InChI=1S/C31H39N3O9S/c1-3-42-27-18-26(29(36)41-2)25(21-5-6-21)17-23(27)19-33-14-11-31(12-15-33)20-34(30(37)43-31)24-9-7-22(8-10-24)28(35)32-13-4-16-44(38,39)40/h7-10,17-18,21H,3-6,11-16,19-20H2,1-2H3,(H,32,35)(H,38,39,40). The Hall–Kier alpha value is -3.68. The molecule has 3 aliphatic rings. The van der Waals surface area contributed by atoms with Crippen LogP contribution < -0.4 is 15.0 Å². The number of ether oxygens (including phenoxy) is 3. The highest BCUT2D eigenvalue weighted by Crippen LogP contribution is 2.44. The smallest absolute Gasteiger partial charge is 0.415 e. The number of methoxy groups -OCH3 is 1. The first-order valence-corrected chi connectivity index (χ1v) is 16.6. The summed E-state index contributed by atoms with van der Waals surface area (Å²) < 4.78 is 47.4. The summed E-state index contributed by atoms with van der Waals surface area (Å²) in [5, 5.41) is 2.62. The van der Waals surface area contributed by atoms with E-state index in [1.807, 2.05) is 13.0 Å². The number of carbonyl (C=O) groups is 3. The van der Waals surface area contributed by atoms with E-state index in [1.54, 1.807) is 29.2 Å². The average molecular weight is 630 g/mol. The monoisotopic (exact) mass is 629 g/mol. The minimum atomic E-state index is -4.07. The number of likely N-dealkylation sites (tertiary alicyclic amines) is 1. The molecule has 2 heterocycles. The zero-order valence-electron chi connectivity index (χ0n) is 25.0. The third-order valence-corrected chi connectivity index (χ3v) is 9.20. The van der Waals surface area contributed by atoms with Crippen LogP contribution in [-0.2, 0) is 26.1 Å². The second kappa shape index (κ2) is 13.1. The molecule has 0 unspecified atom stereocenters. The molecule has 2 aliphatic heterocycles. The van der Waals surface area contributed by atoms with Gasteiger partial charge >= 0.3 is 12.1 Å². The van der Waals surface area contributed by atoms with Gasteiger partial charge in [0, 0.05) is 55.8 Å². The molecule has 2 saturated heterocycles. The molecule has 2 aromatic rings. The van der Waals surface area contributed by atoms with E-state index in [2.05, 4.69) is 16.3 Å². The van der Waals surface area contributed by atoms with Crippen LogP contribution in [0.2, 0.25) is 0 Å². The molecular formula is C31H39N3O9S. The number of hydrogen-bond acceptors (Lipinski definition) is 9. The van der Waals surface area contributed by atoms with Crippen LogP contribution in [0.25, 0.3) is 0 Å². The molecule has 0 atom stereocenters. The highest BCUT2D eigenvalue weighted by atomic mass is 32.2. The Labute approximate surface area is 257 Å². The van der Waals surface area contributed by atoms with E-state index in [0.717, 1.165) is 37.1 Å². The van der Waals surface area contributed by atoms with E-state index in [4.69, 9.17) is 18.8 Å². The second-order valence-corrected chi connectivity index (χ2v) is 13.2. The Morgan fingerprint density at radius 3 is 2.45 bits per heavy atom. The van der Waals surface area contributed by atoms with Crippen LogP contribution in [0.15, 0.2) is 36.4 Å². The second-order valence-electron chi connectivity index (χ2n) is 11.6. The first-order chi connectivity index (χ1) is 21.0. The molecule has 2 amide bonds. The van der Waals surface area contributed by atoms with Crippen molar-refractivity contribution in [2.75, 3.05) is 50.5 Å². The van der Waals surface area contributed by atoms with Gasteiger partial charge in [-0.05, 0) is 74.1 Å². The minimum absolute atomic E-state index is 0.0959. The summed E-state index contributed by atoms with van der Waals surface area (Å²) in [7, 11) is -2.68. The number of rotatable bonds is 12. The van der Waals surface area contributed by atoms with Gasteiger partial charge in [-0.15, -0.1) is 0 Å². The van der Waals surface area contributed by atoms with Crippen LogP contribution in [0.4, 0.5) is 10.5 Å². The number of esters is 1. The van der Waals surface area contributed by atoms with Crippen molar-refractivity contribution in [3.05, 3.63) is 58.7 Å². The Morgan fingerprint density at radius 1 is 1.14 bits per heavy atom. The van der Waals surface area contributed by atoms with Crippen molar-refractivity contribution in [2.24, 2.45) is 0 Å². The summed E-state index contributed by atoms with van der Waals surface area (Å²) in [4.78, 5) is 41.7. The summed E-state index contributed by atoms with van der Waals surface area (Å²) in [6.45, 7) is 5.01. The van der Waals surface area contributed by atoms with Crippen molar-refractivity contribution in [1.29, 1.82) is 0 Å². The molecule has 0 bridgehead atoms. The molecule has 13 heteroatoms. The average Bonchev–Trinajstić information content (AvgIpc) is 3.80. The number of anilines is 1. The SMILES string of the molecule is CCOc1cc(C(=O)OC)c(C2CC2)cc1CN1CCC2(CC1)CN(c1ccc(C(=O)NCCCS(=O)(=O)O)cc1)C(=O)O2. The van der Waals surface area contributed by atoms with Gasteiger partial charge in [0.15, 0.2) is 0 Å². The molecule has 238 valence electrons. The number of hydrogen-bond donors (Lipinski definition) is 2. The van der Waals surface area contributed by atoms with E-state index in [-0.39, 0.29) is 24.8 Å². The van der Waals surface area contributed by atoms with Crippen LogP contribution in [0.1, 0.15) is 76.8 Å². The molecule has 12 nitrogen and oxygen atoms in total. The van der Waals surface area contributed by atoms with Gasteiger partial charge in [0.2, 0.25) is 0 Å². The molecule has 3 fully saturated rings. The normalized spacial score (nSPS) is 18.2. The molecule has 44 heavy (non-hydrogen) atoms. The van der Waals surface area contributed by atoms with E-state index < -0.39 is 27.6 Å². The van der Waals surface area contributed by atoms with Crippen molar-refractivity contribution in [2.45, 2.75) is 57.1 Å². The Balaban J connectivity index is 1.19. The molecule has 1 aliphatic carbocycles. The third-order valence-electron chi connectivity index (χ3n) is 8.39. The number of piperidine rings is 1. The van der Waals surface area contributed by atoms with Crippen LogP contribution in [0.5, 0.6) is 5.75 Å². The number of nitrogens with zero attached hydrogens (tertiary/aromatic N) is 2. The van der Waals surface area contributed by atoms with Gasteiger partial charge in [0.1, 0.15) is 11.4 Å². The lowest BCUT2D eigenvalue weighted by Crippen LogP contribution is -2.46. The largest absolute Gasteiger partial charge is 0.494 e. The highest BCUT2D eigenvalue weighted by molar-refractivity contribution is 7.85. The zero-order valence-corrected chi connectivity index (χ0v) is 25.9. The zero-order chi connectivity index (χ0) is 31.5. The summed E-state index contributed by atoms with van der Waals surface area (Å²) >= 11 is 0. The third kappa shape index (κ3) is 7.51. The molecule has 1 spiro atoms. The topological polar surface area (TPSA) is 152 Å². The van der Waals surface area contributed by atoms with Gasteiger partial charge < -0.3 is 19.5 Å². The molecule has 0 radical (unpaired) electrons. The molecule has 5 rings (SSSR count). The molecular weight excluding hydrogens is 590 g/mol. The number of carbonyl (C=O) groups excluding carboxylic acids is 3. The van der Waals surface area contributed by atoms with Gasteiger partial charge in [-0.25, -0.2) is 9.59 Å². The van der Waals surface area contributed by atoms with E-state index in [1.165, 1.54) is 7.11 Å². The Kier molecular flexibility index (Phi) is 9.47. The fourth-order valence-corrected chi connectivity index (χ4v) is 6.38.